The number of anilines is 1. The van der Waals surface area contributed by atoms with Crippen LogP contribution >= 0.6 is 0 Å². The molecular weight excluding hydrogens is 266 g/mol. The van der Waals surface area contributed by atoms with Gasteiger partial charge in [0.15, 0.2) is 0 Å². The van der Waals surface area contributed by atoms with Gasteiger partial charge in [-0.2, -0.15) is 0 Å². The van der Waals surface area contributed by atoms with Crippen LogP contribution in [0.2, 0.25) is 0 Å². The van der Waals surface area contributed by atoms with Crippen molar-refractivity contribution in [2.45, 2.75) is 32.8 Å². The molecule has 2 rings (SSSR count). The minimum atomic E-state index is -0.123. The molecule has 0 amide bonds. The van der Waals surface area contributed by atoms with Crippen molar-refractivity contribution in [1.29, 1.82) is 0 Å². The van der Waals surface area contributed by atoms with Gasteiger partial charge < -0.3 is 19.7 Å². The van der Waals surface area contributed by atoms with Crippen molar-refractivity contribution in [3.8, 4) is 5.75 Å². The lowest BCUT2D eigenvalue weighted by atomic mass is 10.2. The summed E-state index contributed by atoms with van der Waals surface area (Å²) in [5.74, 6) is 0.808. The first-order chi connectivity index (χ1) is 10.0. The molecule has 0 radical (unpaired) electrons. The molecule has 0 atom stereocenters. The Bertz CT molecular complexity index is 424. The Labute approximate surface area is 127 Å². The van der Waals surface area contributed by atoms with Gasteiger partial charge in [-0.3, -0.25) is 4.98 Å². The highest BCUT2D eigenvalue weighted by Crippen LogP contribution is 2.20. The van der Waals surface area contributed by atoms with Gasteiger partial charge in [0.2, 0.25) is 0 Å². The highest BCUT2D eigenvalue weighted by Gasteiger charge is 2.11. The third-order valence-electron chi connectivity index (χ3n) is 3.29. The lowest BCUT2D eigenvalue weighted by molar-refractivity contribution is -0.0163. The minimum Gasteiger partial charge on any atom is -0.489 e. The maximum absolute atomic E-state index is 5.73. The lowest BCUT2D eigenvalue weighted by Gasteiger charge is -2.22. The molecule has 21 heavy (non-hydrogen) atoms. The normalized spacial score (nSPS) is 16.6. The third kappa shape index (κ3) is 5.89. The standard InChI is InChI=1S/C16H27N3O2/c1-16(2,3)21-10-9-20-15-11-14(12-18-13-15)19-7-4-5-17-6-8-19/h11-13,17H,4-10H2,1-3H3. The molecule has 1 aromatic heterocycles. The lowest BCUT2D eigenvalue weighted by Crippen LogP contribution is -2.27. The van der Waals surface area contributed by atoms with Crippen LogP contribution in [0.4, 0.5) is 5.69 Å². The molecule has 0 bridgehead atoms. The van der Waals surface area contributed by atoms with E-state index in [0.717, 1.165) is 44.0 Å². The molecule has 1 fully saturated rings. The van der Waals surface area contributed by atoms with E-state index in [4.69, 9.17) is 9.47 Å². The van der Waals surface area contributed by atoms with Crippen molar-refractivity contribution in [1.82, 2.24) is 10.3 Å². The molecule has 0 saturated carbocycles. The van der Waals surface area contributed by atoms with E-state index in [0.29, 0.717) is 13.2 Å². The molecule has 1 aromatic rings. The smallest absolute Gasteiger partial charge is 0.139 e. The average molecular weight is 293 g/mol. The molecule has 1 N–H and O–H groups in total. The maximum Gasteiger partial charge on any atom is 0.139 e. The van der Waals surface area contributed by atoms with Crippen LogP contribution in [0, 0.1) is 0 Å². The zero-order valence-electron chi connectivity index (χ0n) is 13.4. The van der Waals surface area contributed by atoms with Gasteiger partial charge in [-0.05, 0) is 33.7 Å². The summed E-state index contributed by atoms with van der Waals surface area (Å²) < 4.78 is 11.4. The van der Waals surface area contributed by atoms with Crippen molar-refractivity contribution in [2.75, 3.05) is 44.3 Å². The number of nitrogens with zero attached hydrogens (tertiary/aromatic N) is 2. The molecule has 2 heterocycles. The first kappa shape index (κ1) is 16.0. The largest absolute Gasteiger partial charge is 0.489 e. The Hall–Kier alpha value is -1.33. The second-order valence-corrected chi connectivity index (χ2v) is 6.28. The van der Waals surface area contributed by atoms with Crippen molar-refractivity contribution in [3.63, 3.8) is 0 Å². The average Bonchev–Trinajstić information content (AvgIpc) is 2.72. The Morgan fingerprint density at radius 1 is 1.19 bits per heavy atom. The van der Waals surface area contributed by atoms with Crippen LogP contribution in [0.3, 0.4) is 0 Å². The number of hydrogen-bond acceptors (Lipinski definition) is 5. The zero-order valence-corrected chi connectivity index (χ0v) is 13.4. The van der Waals surface area contributed by atoms with Crippen LogP contribution in [0.25, 0.3) is 0 Å². The topological polar surface area (TPSA) is 46.6 Å². The summed E-state index contributed by atoms with van der Waals surface area (Å²) in [7, 11) is 0. The van der Waals surface area contributed by atoms with Crippen LogP contribution < -0.4 is 15.0 Å². The Morgan fingerprint density at radius 2 is 2.05 bits per heavy atom. The Morgan fingerprint density at radius 3 is 2.86 bits per heavy atom. The van der Waals surface area contributed by atoms with Crippen LogP contribution in [0.15, 0.2) is 18.5 Å². The van der Waals surface area contributed by atoms with Gasteiger partial charge in [0.1, 0.15) is 12.4 Å². The number of hydrogen-bond donors (Lipinski definition) is 1. The monoisotopic (exact) mass is 293 g/mol. The van der Waals surface area contributed by atoms with Gasteiger partial charge in [0.25, 0.3) is 0 Å². The van der Waals surface area contributed by atoms with E-state index in [1.54, 1.807) is 6.20 Å². The van der Waals surface area contributed by atoms with Crippen LogP contribution in [-0.2, 0) is 4.74 Å². The molecule has 0 unspecified atom stereocenters. The van der Waals surface area contributed by atoms with Crippen molar-refractivity contribution in [3.05, 3.63) is 18.5 Å². The number of rotatable bonds is 5. The zero-order chi connectivity index (χ0) is 15.1. The molecular formula is C16H27N3O2. The molecule has 1 aliphatic heterocycles. The van der Waals surface area contributed by atoms with E-state index >= 15 is 0 Å². The second kappa shape index (κ2) is 7.61. The van der Waals surface area contributed by atoms with Crippen molar-refractivity contribution in [2.24, 2.45) is 0 Å². The second-order valence-electron chi connectivity index (χ2n) is 6.28. The highest BCUT2D eigenvalue weighted by atomic mass is 16.5. The number of pyridine rings is 1. The van der Waals surface area contributed by atoms with Gasteiger partial charge in [0, 0.05) is 25.7 Å². The summed E-state index contributed by atoms with van der Waals surface area (Å²) in [5, 5.41) is 3.41. The summed E-state index contributed by atoms with van der Waals surface area (Å²) in [6.07, 6.45) is 4.82. The number of nitrogens with one attached hydrogen (secondary N) is 1. The Kier molecular flexibility index (Phi) is 5.82. The predicted molar refractivity (Wildman–Crippen MR) is 85.1 cm³/mol. The summed E-state index contributed by atoms with van der Waals surface area (Å²) in [4.78, 5) is 6.64. The van der Waals surface area contributed by atoms with Crippen LogP contribution in [-0.4, -0.2) is 50.0 Å². The molecule has 0 aromatic carbocycles. The first-order valence-corrected chi connectivity index (χ1v) is 7.72. The van der Waals surface area contributed by atoms with E-state index in [9.17, 15) is 0 Å². The third-order valence-corrected chi connectivity index (χ3v) is 3.29. The van der Waals surface area contributed by atoms with Gasteiger partial charge in [-0.25, -0.2) is 0 Å². The van der Waals surface area contributed by atoms with E-state index < -0.39 is 0 Å². The number of ether oxygens (including phenoxy) is 2. The molecule has 1 aliphatic rings. The molecule has 0 spiro atoms. The quantitative estimate of drug-likeness (QED) is 0.842. The summed E-state index contributed by atoms with van der Waals surface area (Å²) in [6.45, 7) is 11.4. The van der Waals surface area contributed by atoms with Crippen molar-refractivity contribution < 1.29 is 9.47 Å². The summed E-state index contributed by atoms with van der Waals surface area (Å²) in [5.41, 5.74) is 1.01. The fourth-order valence-electron chi connectivity index (χ4n) is 2.27. The summed E-state index contributed by atoms with van der Waals surface area (Å²) >= 11 is 0. The van der Waals surface area contributed by atoms with Gasteiger partial charge in [-0.1, -0.05) is 0 Å². The molecule has 5 nitrogen and oxygen atoms in total. The predicted octanol–water partition coefficient (Wildman–Crippen LogP) is 2.08. The van der Waals surface area contributed by atoms with Crippen LogP contribution in [0.5, 0.6) is 5.75 Å². The van der Waals surface area contributed by atoms with E-state index in [1.165, 1.54) is 0 Å². The van der Waals surface area contributed by atoms with E-state index in [2.05, 4.69) is 21.3 Å². The van der Waals surface area contributed by atoms with Gasteiger partial charge >= 0.3 is 0 Å². The summed E-state index contributed by atoms with van der Waals surface area (Å²) in [6, 6.07) is 2.06. The minimum absolute atomic E-state index is 0.123. The van der Waals surface area contributed by atoms with E-state index in [-0.39, 0.29) is 5.60 Å². The molecule has 1 saturated heterocycles. The van der Waals surface area contributed by atoms with Crippen molar-refractivity contribution >= 4 is 5.69 Å². The Balaban J connectivity index is 1.85. The van der Waals surface area contributed by atoms with Gasteiger partial charge in [-0.15, -0.1) is 0 Å². The fraction of sp³-hybridized carbons (Fsp3) is 0.688. The SMILES string of the molecule is CC(C)(C)OCCOc1cncc(N2CCCNCC2)c1. The molecule has 118 valence electrons. The first-order valence-electron chi connectivity index (χ1n) is 7.72. The highest BCUT2D eigenvalue weighted by molar-refractivity contribution is 5.48. The molecule has 5 heteroatoms. The fourth-order valence-corrected chi connectivity index (χ4v) is 2.27. The van der Waals surface area contributed by atoms with Crippen LogP contribution in [0.1, 0.15) is 27.2 Å². The maximum atomic E-state index is 5.73. The number of aromatic nitrogens is 1. The van der Waals surface area contributed by atoms with E-state index in [1.807, 2.05) is 27.0 Å². The van der Waals surface area contributed by atoms with Gasteiger partial charge in [0.05, 0.1) is 30.3 Å². The molecule has 0 aliphatic carbocycles.